The fraction of sp³-hybridized carbons (Fsp3) is 1.00. The van der Waals surface area contributed by atoms with Gasteiger partial charge in [0.15, 0.2) is 6.29 Å². The van der Waals surface area contributed by atoms with E-state index in [1.165, 1.54) is 0 Å². The summed E-state index contributed by atoms with van der Waals surface area (Å²) in [5.41, 5.74) is 0.0415. The molecule has 14 heavy (non-hydrogen) atoms. The summed E-state index contributed by atoms with van der Waals surface area (Å²) in [6, 6.07) is 0. The van der Waals surface area contributed by atoms with Crippen LogP contribution in [0.15, 0.2) is 0 Å². The highest BCUT2D eigenvalue weighted by atomic mass is 16.7. The summed E-state index contributed by atoms with van der Waals surface area (Å²) in [5.74, 6) is 1.13. The maximum absolute atomic E-state index is 6.09. The lowest BCUT2D eigenvalue weighted by molar-refractivity contribution is -0.193. The summed E-state index contributed by atoms with van der Waals surface area (Å²) >= 11 is 0. The van der Waals surface area contributed by atoms with Crippen LogP contribution in [0.1, 0.15) is 47.5 Å². The molecule has 0 saturated carbocycles. The standard InChI is InChI=1S/C12H24O2/c1-6-13-11-7-8-12(14-11,9(2)3)10(4)5/h9-11H,6-8H2,1-5H3/t11-/m1/s1. The van der Waals surface area contributed by atoms with Crippen molar-refractivity contribution >= 4 is 0 Å². The minimum atomic E-state index is 0.0322. The van der Waals surface area contributed by atoms with Gasteiger partial charge in [-0.3, -0.25) is 0 Å². The van der Waals surface area contributed by atoms with Gasteiger partial charge in [-0.1, -0.05) is 27.7 Å². The van der Waals surface area contributed by atoms with Gasteiger partial charge in [-0.2, -0.15) is 0 Å². The van der Waals surface area contributed by atoms with E-state index in [1.54, 1.807) is 0 Å². The molecule has 0 bridgehead atoms. The van der Waals surface area contributed by atoms with Crippen LogP contribution < -0.4 is 0 Å². The summed E-state index contributed by atoms with van der Waals surface area (Å²) in [5, 5.41) is 0. The maximum Gasteiger partial charge on any atom is 0.158 e. The summed E-state index contributed by atoms with van der Waals surface area (Å²) in [6.45, 7) is 11.7. The summed E-state index contributed by atoms with van der Waals surface area (Å²) in [4.78, 5) is 0. The highest BCUT2D eigenvalue weighted by Gasteiger charge is 2.45. The molecule has 0 aromatic rings. The highest BCUT2D eigenvalue weighted by molar-refractivity contribution is 4.92. The average molecular weight is 200 g/mol. The van der Waals surface area contributed by atoms with Crippen molar-refractivity contribution in [3.8, 4) is 0 Å². The Morgan fingerprint density at radius 2 is 1.86 bits per heavy atom. The van der Waals surface area contributed by atoms with Gasteiger partial charge in [0.1, 0.15) is 0 Å². The van der Waals surface area contributed by atoms with E-state index in [1.807, 2.05) is 6.92 Å². The Balaban J connectivity index is 2.65. The molecule has 0 unspecified atom stereocenters. The molecular formula is C12H24O2. The molecule has 2 heteroatoms. The third kappa shape index (κ3) is 2.12. The van der Waals surface area contributed by atoms with Gasteiger partial charge in [0.2, 0.25) is 0 Å². The fourth-order valence-electron chi connectivity index (χ4n) is 2.53. The van der Waals surface area contributed by atoms with Crippen LogP contribution in [-0.2, 0) is 9.47 Å². The van der Waals surface area contributed by atoms with Crippen molar-refractivity contribution in [3.05, 3.63) is 0 Å². The molecule has 1 aliphatic heterocycles. The van der Waals surface area contributed by atoms with Gasteiger partial charge < -0.3 is 9.47 Å². The minimum absolute atomic E-state index is 0.0322. The first-order valence-corrected chi connectivity index (χ1v) is 5.82. The van der Waals surface area contributed by atoms with Gasteiger partial charge in [-0.05, 0) is 25.2 Å². The number of ether oxygens (including phenoxy) is 2. The predicted octanol–water partition coefficient (Wildman–Crippen LogP) is 3.21. The van der Waals surface area contributed by atoms with Crippen LogP contribution in [0.25, 0.3) is 0 Å². The molecule has 84 valence electrons. The minimum Gasteiger partial charge on any atom is -0.353 e. The molecule has 1 saturated heterocycles. The number of hydrogen-bond donors (Lipinski definition) is 0. The van der Waals surface area contributed by atoms with Gasteiger partial charge in [-0.25, -0.2) is 0 Å². The smallest absolute Gasteiger partial charge is 0.158 e. The van der Waals surface area contributed by atoms with E-state index in [9.17, 15) is 0 Å². The van der Waals surface area contributed by atoms with Crippen molar-refractivity contribution in [1.82, 2.24) is 0 Å². The SMILES string of the molecule is CCO[C@H]1CCC(C(C)C)(C(C)C)O1. The molecule has 1 atom stereocenters. The van der Waals surface area contributed by atoms with Crippen molar-refractivity contribution in [2.75, 3.05) is 6.61 Å². The summed E-state index contributed by atoms with van der Waals surface area (Å²) < 4.78 is 11.6. The molecule has 0 aromatic carbocycles. The van der Waals surface area contributed by atoms with E-state index in [2.05, 4.69) is 27.7 Å². The lowest BCUT2D eigenvalue weighted by Gasteiger charge is -2.37. The van der Waals surface area contributed by atoms with E-state index in [0.29, 0.717) is 11.8 Å². The van der Waals surface area contributed by atoms with Crippen LogP contribution in [0.3, 0.4) is 0 Å². The first-order chi connectivity index (χ1) is 6.53. The Hall–Kier alpha value is -0.0800. The second-order valence-corrected chi connectivity index (χ2v) is 4.81. The lowest BCUT2D eigenvalue weighted by atomic mass is 9.78. The van der Waals surface area contributed by atoms with Gasteiger partial charge in [0.25, 0.3) is 0 Å². The Kier molecular flexibility index (Phi) is 3.96. The van der Waals surface area contributed by atoms with Gasteiger partial charge in [0.05, 0.1) is 5.60 Å². The maximum atomic E-state index is 6.09. The molecule has 1 rings (SSSR count). The third-order valence-corrected chi connectivity index (χ3v) is 3.43. The molecular weight excluding hydrogens is 176 g/mol. The van der Waals surface area contributed by atoms with Crippen LogP contribution >= 0.6 is 0 Å². The first kappa shape index (κ1) is 12.0. The molecule has 0 N–H and O–H groups in total. The second kappa shape index (κ2) is 4.63. The van der Waals surface area contributed by atoms with Gasteiger partial charge in [-0.15, -0.1) is 0 Å². The molecule has 2 nitrogen and oxygen atoms in total. The van der Waals surface area contributed by atoms with E-state index in [0.717, 1.165) is 19.4 Å². The first-order valence-electron chi connectivity index (χ1n) is 5.82. The average Bonchev–Trinajstić information content (AvgIpc) is 2.50. The molecule has 0 spiro atoms. The van der Waals surface area contributed by atoms with E-state index < -0.39 is 0 Å². The lowest BCUT2D eigenvalue weighted by Crippen LogP contribution is -2.41. The van der Waals surface area contributed by atoms with Gasteiger partial charge in [0, 0.05) is 13.0 Å². The molecule has 1 heterocycles. The van der Waals surface area contributed by atoms with Crippen LogP contribution in [-0.4, -0.2) is 18.5 Å². The quantitative estimate of drug-likeness (QED) is 0.693. The summed E-state index contributed by atoms with van der Waals surface area (Å²) in [7, 11) is 0. The van der Waals surface area contributed by atoms with E-state index in [-0.39, 0.29) is 11.9 Å². The zero-order valence-electron chi connectivity index (χ0n) is 10.2. The van der Waals surface area contributed by atoms with Crippen LogP contribution in [0.5, 0.6) is 0 Å². The Labute approximate surface area is 88.0 Å². The van der Waals surface area contributed by atoms with Crippen LogP contribution in [0.2, 0.25) is 0 Å². The number of hydrogen-bond acceptors (Lipinski definition) is 2. The Morgan fingerprint density at radius 3 is 2.21 bits per heavy atom. The van der Waals surface area contributed by atoms with Crippen molar-refractivity contribution in [1.29, 1.82) is 0 Å². The third-order valence-electron chi connectivity index (χ3n) is 3.43. The topological polar surface area (TPSA) is 18.5 Å². The largest absolute Gasteiger partial charge is 0.353 e. The fourth-order valence-corrected chi connectivity index (χ4v) is 2.53. The van der Waals surface area contributed by atoms with Crippen molar-refractivity contribution in [2.24, 2.45) is 11.8 Å². The van der Waals surface area contributed by atoms with Crippen molar-refractivity contribution in [2.45, 2.75) is 59.4 Å². The molecule has 1 aliphatic rings. The van der Waals surface area contributed by atoms with Crippen LogP contribution in [0, 0.1) is 11.8 Å². The van der Waals surface area contributed by atoms with Crippen molar-refractivity contribution < 1.29 is 9.47 Å². The van der Waals surface area contributed by atoms with E-state index in [4.69, 9.17) is 9.47 Å². The monoisotopic (exact) mass is 200 g/mol. The second-order valence-electron chi connectivity index (χ2n) is 4.81. The number of rotatable bonds is 4. The zero-order valence-corrected chi connectivity index (χ0v) is 10.2. The molecule has 1 fully saturated rings. The molecule has 0 radical (unpaired) electrons. The predicted molar refractivity (Wildman–Crippen MR) is 58.1 cm³/mol. The Morgan fingerprint density at radius 1 is 1.29 bits per heavy atom. The summed E-state index contributed by atoms with van der Waals surface area (Å²) in [6.07, 6.45) is 2.21. The van der Waals surface area contributed by atoms with E-state index >= 15 is 0 Å². The van der Waals surface area contributed by atoms with Crippen LogP contribution in [0.4, 0.5) is 0 Å². The highest BCUT2D eigenvalue weighted by Crippen LogP contribution is 2.42. The molecule has 0 aromatic heterocycles. The molecule has 0 amide bonds. The Bertz CT molecular complexity index is 167. The zero-order chi connectivity index (χ0) is 10.8. The van der Waals surface area contributed by atoms with Gasteiger partial charge >= 0.3 is 0 Å². The molecule has 0 aliphatic carbocycles. The normalized spacial score (nSPS) is 26.4. The van der Waals surface area contributed by atoms with Crippen molar-refractivity contribution in [3.63, 3.8) is 0 Å².